The van der Waals surface area contributed by atoms with Crippen molar-refractivity contribution in [2.75, 3.05) is 0 Å². The smallest absolute Gasteiger partial charge is 0.370 e. The van der Waals surface area contributed by atoms with Crippen molar-refractivity contribution in [1.82, 2.24) is 0 Å². The SMILES string of the molecule is CC(C)(C)OOC(C)(C)CCC(C)(C)OOC(C)(C)C.CCCCCCCCCC(C1(C(=O)O)OO1)C(C)(C(C)(C)C)C(C)(C)C. The van der Waals surface area contributed by atoms with E-state index in [2.05, 4.69) is 55.4 Å². The van der Waals surface area contributed by atoms with Crippen LogP contribution in [0.5, 0.6) is 0 Å². The van der Waals surface area contributed by atoms with Crippen molar-refractivity contribution in [3.05, 3.63) is 0 Å². The Hall–Kier alpha value is -0.770. The molecule has 0 aliphatic carbocycles. The maximum Gasteiger partial charge on any atom is 0.370 e. The van der Waals surface area contributed by atoms with Gasteiger partial charge in [-0.15, -0.1) is 0 Å². The topological polar surface area (TPSA) is 99.3 Å². The molecule has 0 saturated carbocycles. The second-order valence-corrected chi connectivity index (χ2v) is 18.9. The van der Waals surface area contributed by atoms with Crippen LogP contribution in [0.1, 0.15) is 189 Å². The Balaban J connectivity index is 0.000000914. The minimum absolute atomic E-state index is 0.0885. The Bertz CT molecular complexity index is 832. The van der Waals surface area contributed by atoms with Crippen LogP contribution in [0.3, 0.4) is 0 Å². The molecule has 1 saturated heterocycles. The molecule has 46 heavy (non-hydrogen) atoms. The molecule has 1 unspecified atom stereocenters. The number of carboxylic acids is 1. The number of aliphatic carboxylic acids is 1. The fourth-order valence-corrected chi connectivity index (χ4v) is 5.88. The average molecular weight is 661 g/mol. The highest BCUT2D eigenvalue weighted by atomic mass is 17.4. The lowest BCUT2D eigenvalue weighted by atomic mass is 9.48. The zero-order valence-electron chi connectivity index (χ0n) is 33.5. The molecule has 276 valence electrons. The van der Waals surface area contributed by atoms with E-state index in [4.69, 9.17) is 29.3 Å². The highest BCUT2D eigenvalue weighted by Crippen LogP contribution is 2.63. The molecule has 8 nitrogen and oxygen atoms in total. The molecule has 0 amide bonds. The quantitative estimate of drug-likeness (QED) is 0.0671. The Morgan fingerprint density at radius 2 is 0.935 bits per heavy atom. The summed E-state index contributed by atoms with van der Waals surface area (Å²) in [5.41, 5.74) is -1.79. The Labute approximate surface area is 284 Å². The van der Waals surface area contributed by atoms with Gasteiger partial charge in [0.15, 0.2) is 0 Å². The largest absolute Gasteiger partial charge is 0.477 e. The van der Waals surface area contributed by atoms with Crippen LogP contribution in [0.25, 0.3) is 0 Å². The summed E-state index contributed by atoms with van der Waals surface area (Å²) in [7, 11) is 0. The number of unbranched alkanes of at least 4 members (excludes halogenated alkanes) is 6. The number of carboxylic acid groups (broad SMARTS) is 1. The van der Waals surface area contributed by atoms with Crippen LogP contribution in [-0.2, 0) is 34.1 Å². The summed E-state index contributed by atoms with van der Waals surface area (Å²) in [6.07, 6.45) is 10.9. The average Bonchev–Trinajstić information content (AvgIpc) is 3.67. The monoisotopic (exact) mass is 661 g/mol. The van der Waals surface area contributed by atoms with Crippen LogP contribution in [0, 0.1) is 22.2 Å². The molecule has 0 spiro atoms. The lowest BCUT2D eigenvalue weighted by Crippen LogP contribution is -2.55. The summed E-state index contributed by atoms with van der Waals surface area (Å²) >= 11 is 0. The molecular formula is C38H76O8. The molecule has 1 aliphatic heterocycles. The summed E-state index contributed by atoms with van der Waals surface area (Å²) in [6.45, 7) is 37.5. The van der Waals surface area contributed by atoms with Gasteiger partial charge in [0.25, 0.3) is 0 Å². The van der Waals surface area contributed by atoms with E-state index >= 15 is 0 Å². The van der Waals surface area contributed by atoms with Crippen molar-refractivity contribution < 1.29 is 39.2 Å². The maximum absolute atomic E-state index is 12.0. The molecule has 0 radical (unpaired) electrons. The predicted octanol–water partition coefficient (Wildman–Crippen LogP) is 11.4. The molecule has 0 aromatic rings. The number of carbonyl (C=O) groups is 1. The number of hydrogen-bond acceptors (Lipinski definition) is 7. The van der Waals surface area contributed by atoms with Crippen LogP contribution in [0.15, 0.2) is 0 Å². The van der Waals surface area contributed by atoms with Crippen molar-refractivity contribution in [2.24, 2.45) is 22.2 Å². The second kappa shape index (κ2) is 17.2. The van der Waals surface area contributed by atoms with Crippen LogP contribution in [0.4, 0.5) is 0 Å². The first-order chi connectivity index (χ1) is 20.5. The van der Waals surface area contributed by atoms with Gasteiger partial charge in [0.2, 0.25) is 0 Å². The number of rotatable bonds is 18. The lowest BCUT2D eigenvalue weighted by Gasteiger charge is -2.56. The molecule has 1 N–H and O–H groups in total. The van der Waals surface area contributed by atoms with E-state index in [9.17, 15) is 9.90 Å². The van der Waals surface area contributed by atoms with Gasteiger partial charge in [0.1, 0.15) is 0 Å². The van der Waals surface area contributed by atoms with Gasteiger partial charge in [-0.3, -0.25) is 0 Å². The van der Waals surface area contributed by atoms with Gasteiger partial charge in [-0.1, -0.05) is 100 Å². The zero-order chi connectivity index (χ0) is 36.5. The van der Waals surface area contributed by atoms with Gasteiger partial charge in [-0.2, -0.15) is 9.78 Å². The third kappa shape index (κ3) is 15.6. The first-order valence-electron chi connectivity index (χ1n) is 17.8. The van der Waals surface area contributed by atoms with Gasteiger partial charge in [0.05, 0.1) is 22.4 Å². The Morgan fingerprint density at radius 3 is 1.22 bits per heavy atom. The minimum atomic E-state index is -1.47. The van der Waals surface area contributed by atoms with Gasteiger partial charge >= 0.3 is 11.8 Å². The number of hydrogen-bond donors (Lipinski definition) is 1. The first-order valence-corrected chi connectivity index (χ1v) is 17.8. The first kappa shape index (κ1) is 45.2. The summed E-state index contributed by atoms with van der Waals surface area (Å²) in [6, 6.07) is 0. The van der Waals surface area contributed by atoms with Crippen molar-refractivity contribution >= 4 is 5.97 Å². The van der Waals surface area contributed by atoms with E-state index in [0.717, 1.165) is 32.1 Å². The predicted molar refractivity (Wildman–Crippen MR) is 187 cm³/mol. The summed E-state index contributed by atoms with van der Waals surface area (Å²) in [4.78, 5) is 44.2. The summed E-state index contributed by atoms with van der Waals surface area (Å²) < 4.78 is 0. The lowest BCUT2D eigenvalue weighted by molar-refractivity contribution is -0.410. The zero-order valence-corrected chi connectivity index (χ0v) is 33.5. The van der Waals surface area contributed by atoms with Gasteiger partial charge in [-0.25, -0.2) is 24.3 Å². The van der Waals surface area contributed by atoms with Crippen LogP contribution in [-0.4, -0.2) is 39.3 Å². The molecule has 1 heterocycles. The third-order valence-electron chi connectivity index (χ3n) is 9.29. The summed E-state index contributed by atoms with van der Waals surface area (Å²) in [5, 5.41) is 9.82. The molecule has 1 atom stereocenters. The van der Waals surface area contributed by atoms with E-state index in [1.165, 1.54) is 32.1 Å². The normalized spacial score (nSPS) is 16.9. The molecular weight excluding hydrogens is 584 g/mol. The second-order valence-electron chi connectivity index (χ2n) is 18.9. The molecule has 8 heteroatoms. The molecule has 1 rings (SSSR count). The van der Waals surface area contributed by atoms with E-state index in [1.807, 2.05) is 69.2 Å². The Kier molecular flexibility index (Phi) is 17.0. The fraction of sp³-hybridized carbons (Fsp3) is 0.974. The molecule has 0 aromatic carbocycles. The molecule has 1 aliphatic rings. The molecule has 1 fully saturated rings. The molecule has 0 aromatic heterocycles. The van der Waals surface area contributed by atoms with E-state index in [0.29, 0.717) is 0 Å². The van der Waals surface area contributed by atoms with Gasteiger partial charge < -0.3 is 5.11 Å². The highest BCUT2D eigenvalue weighted by Gasteiger charge is 2.70. The van der Waals surface area contributed by atoms with Crippen molar-refractivity contribution in [2.45, 2.75) is 217 Å². The minimum Gasteiger partial charge on any atom is -0.477 e. The summed E-state index contributed by atoms with van der Waals surface area (Å²) in [5.74, 6) is -2.66. The van der Waals surface area contributed by atoms with Crippen LogP contribution < -0.4 is 0 Å². The highest BCUT2D eigenvalue weighted by molar-refractivity contribution is 5.77. The van der Waals surface area contributed by atoms with E-state index in [-0.39, 0.29) is 44.6 Å². The Morgan fingerprint density at radius 1 is 0.587 bits per heavy atom. The standard InChI is InChI=1S/C22H42O4.C16H34O4/c1-9-10-11-12-13-14-15-16-17(22(18(23)24)25-26-22)21(8,19(2,3)4)20(5,6)7;1-13(2,3)17-19-15(7,8)11-12-16(9,10)20-18-14(4,5)6/h17H,9-16H2,1-8H3,(H,23,24);11-12H2,1-10H3. The van der Waals surface area contributed by atoms with E-state index < -0.39 is 11.8 Å². The van der Waals surface area contributed by atoms with Crippen molar-refractivity contribution in [3.8, 4) is 0 Å². The maximum atomic E-state index is 12.0. The van der Waals surface area contributed by atoms with Gasteiger partial charge in [0, 0.05) is 5.92 Å². The van der Waals surface area contributed by atoms with Gasteiger partial charge in [-0.05, 0) is 105 Å². The van der Waals surface area contributed by atoms with Crippen LogP contribution in [0.2, 0.25) is 0 Å². The van der Waals surface area contributed by atoms with Crippen molar-refractivity contribution in [3.63, 3.8) is 0 Å². The van der Waals surface area contributed by atoms with Crippen LogP contribution >= 0.6 is 0 Å². The van der Waals surface area contributed by atoms with Crippen molar-refractivity contribution in [1.29, 1.82) is 0 Å². The third-order valence-corrected chi connectivity index (χ3v) is 9.29. The van der Waals surface area contributed by atoms with E-state index in [1.54, 1.807) is 0 Å². The molecule has 0 bridgehead atoms. The fourth-order valence-electron chi connectivity index (χ4n) is 5.88.